The van der Waals surface area contributed by atoms with E-state index >= 15 is 0 Å². The van der Waals surface area contributed by atoms with Gasteiger partial charge in [-0.1, -0.05) is 11.6 Å². The normalized spacial score (nSPS) is 12.0. The second-order valence-electron chi connectivity index (χ2n) is 6.17. The average Bonchev–Trinajstić information content (AvgIpc) is 3.02. The van der Waals surface area contributed by atoms with Crippen molar-refractivity contribution in [3.05, 3.63) is 51.8 Å². The van der Waals surface area contributed by atoms with Crippen LogP contribution < -0.4 is 5.56 Å². The van der Waals surface area contributed by atoms with Crippen molar-refractivity contribution in [2.24, 2.45) is 0 Å². The number of imidazole rings is 1. The zero-order valence-corrected chi connectivity index (χ0v) is 15.4. The molecule has 0 bridgehead atoms. The number of hydrogen-bond donors (Lipinski definition) is 0. The van der Waals surface area contributed by atoms with Crippen LogP contribution in [-0.2, 0) is 13.0 Å². The number of nitrogens with zero attached hydrogens (tertiary/aromatic N) is 4. The van der Waals surface area contributed by atoms with Gasteiger partial charge in [0.1, 0.15) is 5.82 Å². The van der Waals surface area contributed by atoms with Gasteiger partial charge in [-0.05, 0) is 44.0 Å². The second-order valence-corrected chi connectivity index (χ2v) is 6.61. The number of aryl methyl sites for hydroxylation is 2. The first kappa shape index (κ1) is 19.4. The number of fused-ring (bicyclic) bond motifs is 1. The molecule has 2 heterocycles. The lowest BCUT2D eigenvalue weighted by Gasteiger charge is -2.13. The molecule has 2 aromatic heterocycles. The lowest BCUT2D eigenvalue weighted by atomic mass is 10.1. The van der Waals surface area contributed by atoms with E-state index in [-0.39, 0.29) is 30.3 Å². The third-order valence-corrected chi connectivity index (χ3v) is 4.50. The van der Waals surface area contributed by atoms with Crippen LogP contribution in [0.3, 0.4) is 0 Å². The minimum Gasteiger partial charge on any atom is -0.315 e. The van der Waals surface area contributed by atoms with E-state index in [0.717, 1.165) is 0 Å². The summed E-state index contributed by atoms with van der Waals surface area (Å²) in [4.78, 5) is 21.7. The second kappa shape index (κ2) is 7.72. The van der Waals surface area contributed by atoms with E-state index < -0.39 is 12.6 Å². The standard InChI is InChI=1S/C18H18ClF3N4O/c1-2-25-11-23-15-16(25)24-14(5-3-4-10-18(20,21)22)26(17(15)27)13-8-6-12(19)7-9-13/h6-9,11H,2-5,10H2,1H3. The zero-order valence-electron chi connectivity index (χ0n) is 14.6. The fourth-order valence-electron chi connectivity index (χ4n) is 2.90. The average molecular weight is 399 g/mol. The van der Waals surface area contributed by atoms with Crippen LogP contribution in [0.15, 0.2) is 35.4 Å². The predicted molar refractivity (Wildman–Crippen MR) is 97.4 cm³/mol. The highest BCUT2D eigenvalue weighted by molar-refractivity contribution is 6.30. The molecular formula is C18H18ClF3N4O. The molecule has 0 saturated carbocycles. The van der Waals surface area contributed by atoms with Gasteiger partial charge >= 0.3 is 6.18 Å². The van der Waals surface area contributed by atoms with Crippen LogP contribution >= 0.6 is 11.6 Å². The summed E-state index contributed by atoms with van der Waals surface area (Å²) in [5.74, 6) is 0.409. The van der Waals surface area contributed by atoms with E-state index in [2.05, 4.69) is 9.97 Å². The molecule has 0 saturated heterocycles. The first-order valence-electron chi connectivity index (χ1n) is 8.59. The Kier molecular flexibility index (Phi) is 5.55. The minimum atomic E-state index is -4.19. The van der Waals surface area contributed by atoms with Crippen molar-refractivity contribution >= 4 is 22.8 Å². The van der Waals surface area contributed by atoms with Gasteiger partial charge in [0, 0.05) is 24.4 Å². The van der Waals surface area contributed by atoms with Crippen LogP contribution in [0.4, 0.5) is 13.2 Å². The molecule has 9 heteroatoms. The summed E-state index contributed by atoms with van der Waals surface area (Å²) in [5.41, 5.74) is 0.875. The lowest BCUT2D eigenvalue weighted by Crippen LogP contribution is -2.24. The Morgan fingerprint density at radius 2 is 1.85 bits per heavy atom. The Bertz CT molecular complexity index is 993. The van der Waals surface area contributed by atoms with Crippen LogP contribution in [-0.4, -0.2) is 25.3 Å². The summed E-state index contributed by atoms with van der Waals surface area (Å²) < 4.78 is 40.3. The van der Waals surface area contributed by atoms with Crippen molar-refractivity contribution in [2.75, 3.05) is 0 Å². The Hall–Kier alpha value is -2.35. The Labute approximate surface area is 158 Å². The molecule has 0 aliphatic rings. The highest BCUT2D eigenvalue weighted by atomic mass is 35.5. The fourth-order valence-corrected chi connectivity index (χ4v) is 3.03. The van der Waals surface area contributed by atoms with Crippen molar-refractivity contribution in [2.45, 2.75) is 45.3 Å². The third-order valence-electron chi connectivity index (χ3n) is 4.24. The van der Waals surface area contributed by atoms with Gasteiger partial charge in [0.25, 0.3) is 5.56 Å². The zero-order chi connectivity index (χ0) is 19.6. The summed E-state index contributed by atoms with van der Waals surface area (Å²) >= 11 is 5.92. The molecule has 3 rings (SSSR count). The van der Waals surface area contributed by atoms with Crippen LogP contribution in [0, 0.1) is 0 Å². The van der Waals surface area contributed by atoms with Crippen LogP contribution in [0.1, 0.15) is 32.0 Å². The van der Waals surface area contributed by atoms with Crippen LogP contribution in [0.5, 0.6) is 0 Å². The lowest BCUT2D eigenvalue weighted by molar-refractivity contribution is -0.135. The van der Waals surface area contributed by atoms with Crippen molar-refractivity contribution in [3.8, 4) is 5.69 Å². The van der Waals surface area contributed by atoms with Crippen LogP contribution in [0.25, 0.3) is 16.9 Å². The van der Waals surface area contributed by atoms with E-state index in [1.807, 2.05) is 6.92 Å². The number of benzene rings is 1. The summed E-state index contributed by atoms with van der Waals surface area (Å²) in [7, 11) is 0. The molecule has 0 spiro atoms. The summed E-state index contributed by atoms with van der Waals surface area (Å²) in [5, 5.41) is 0.517. The van der Waals surface area contributed by atoms with Crippen molar-refractivity contribution in [1.29, 1.82) is 0 Å². The molecule has 27 heavy (non-hydrogen) atoms. The summed E-state index contributed by atoms with van der Waals surface area (Å²) in [6, 6.07) is 6.64. The predicted octanol–water partition coefficient (Wildman–Crippen LogP) is 4.53. The molecule has 0 fully saturated rings. The van der Waals surface area contributed by atoms with Gasteiger partial charge in [-0.3, -0.25) is 9.36 Å². The Morgan fingerprint density at radius 3 is 2.48 bits per heavy atom. The van der Waals surface area contributed by atoms with E-state index in [1.54, 1.807) is 35.2 Å². The fraction of sp³-hybridized carbons (Fsp3) is 0.389. The van der Waals surface area contributed by atoms with Gasteiger partial charge in [0.2, 0.25) is 0 Å². The molecule has 0 unspecified atom stereocenters. The third kappa shape index (κ3) is 4.32. The summed E-state index contributed by atoms with van der Waals surface area (Å²) in [6.07, 6.45) is -3.00. The maximum atomic E-state index is 13.0. The number of hydrogen-bond acceptors (Lipinski definition) is 3. The smallest absolute Gasteiger partial charge is 0.315 e. The largest absolute Gasteiger partial charge is 0.389 e. The highest BCUT2D eigenvalue weighted by Crippen LogP contribution is 2.23. The van der Waals surface area contributed by atoms with Crippen molar-refractivity contribution in [1.82, 2.24) is 19.1 Å². The van der Waals surface area contributed by atoms with Gasteiger partial charge in [-0.2, -0.15) is 13.2 Å². The first-order valence-corrected chi connectivity index (χ1v) is 8.97. The molecule has 0 radical (unpaired) electrons. The number of alkyl halides is 3. The summed E-state index contributed by atoms with van der Waals surface area (Å²) in [6.45, 7) is 2.48. The monoisotopic (exact) mass is 398 g/mol. The van der Waals surface area contributed by atoms with Crippen molar-refractivity contribution < 1.29 is 13.2 Å². The molecule has 1 aromatic carbocycles. The molecule has 5 nitrogen and oxygen atoms in total. The first-order chi connectivity index (χ1) is 12.8. The van der Waals surface area contributed by atoms with E-state index in [1.165, 1.54) is 4.57 Å². The Balaban J connectivity index is 2.03. The molecule has 0 atom stereocenters. The molecule has 0 N–H and O–H groups in total. The number of aromatic nitrogens is 4. The topological polar surface area (TPSA) is 52.7 Å². The Morgan fingerprint density at radius 1 is 1.15 bits per heavy atom. The van der Waals surface area contributed by atoms with Crippen molar-refractivity contribution in [3.63, 3.8) is 0 Å². The van der Waals surface area contributed by atoms with Gasteiger partial charge in [-0.15, -0.1) is 0 Å². The molecule has 3 aromatic rings. The minimum absolute atomic E-state index is 0.0228. The van der Waals surface area contributed by atoms with Gasteiger partial charge in [0.05, 0.1) is 12.0 Å². The van der Waals surface area contributed by atoms with E-state index in [9.17, 15) is 18.0 Å². The number of halogens is 4. The molecule has 0 aliphatic carbocycles. The molecule has 0 amide bonds. The SMILES string of the molecule is CCn1cnc2c(=O)n(-c3ccc(Cl)cc3)c(CCCCC(F)(F)F)nc21. The van der Waals surface area contributed by atoms with Gasteiger partial charge in [-0.25, -0.2) is 9.97 Å². The maximum absolute atomic E-state index is 13.0. The highest BCUT2D eigenvalue weighted by Gasteiger charge is 2.26. The van der Waals surface area contributed by atoms with E-state index in [4.69, 9.17) is 11.6 Å². The molecule has 144 valence electrons. The van der Waals surface area contributed by atoms with Gasteiger partial charge in [0.15, 0.2) is 11.2 Å². The number of rotatable bonds is 6. The molecular weight excluding hydrogens is 381 g/mol. The van der Waals surface area contributed by atoms with Crippen LogP contribution in [0.2, 0.25) is 5.02 Å². The maximum Gasteiger partial charge on any atom is 0.389 e. The van der Waals surface area contributed by atoms with Gasteiger partial charge < -0.3 is 4.57 Å². The number of unbranched alkanes of at least 4 members (excludes halogenated alkanes) is 1. The quantitative estimate of drug-likeness (QED) is 0.573. The van der Waals surface area contributed by atoms with E-state index in [0.29, 0.717) is 28.7 Å². The molecule has 0 aliphatic heterocycles.